The highest BCUT2D eigenvalue weighted by atomic mass is 16.1. The Morgan fingerprint density at radius 2 is 1.54 bits per heavy atom. The predicted molar refractivity (Wildman–Crippen MR) is 114 cm³/mol. The van der Waals surface area contributed by atoms with E-state index in [0.29, 0.717) is 16.9 Å². The number of nitrogens with one attached hydrogen (secondary N) is 1. The van der Waals surface area contributed by atoms with Crippen molar-refractivity contribution >= 4 is 23.1 Å². The quantitative estimate of drug-likeness (QED) is 0.428. The maximum atomic E-state index is 13.1. The summed E-state index contributed by atoms with van der Waals surface area (Å²) in [5.74, 6) is 0.371. The van der Waals surface area contributed by atoms with Gasteiger partial charge in [0.1, 0.15) is 0 Å². The maximum Gasteiger partial charge on any atom is 0.267 e. The molecular weight excluding hydrogens is 348 g/mol. The van der Waals surface area contributed by atoms with Crippen molar-refractivity contribution in [1.82, 2.24) is 9.55 Å². The van der Waals surface area contributed by atoms with Crippen LogP contribution >= 0.6 is 0 Å². The lowest BCUT2D eigenvalue weighted by Crippen LogP contribution is -2.22. The van der Waals surface area contributed by atoms with Gasteiger partial charge in [-0.3, -0.25) is 4.79 Å². The number of anilines is 1. The monoisotopic (exact) mass is 368 g/mol. The lowest BCUT2D eigenvalue weighted by molar-refractivity contribution is 0.956. The van der Waals surface area contributed by atoms with Gasteiger partial charge < -0.3 is 0 Å². The molecule has 138 valence electrons. The van der Waals surface area contributed by atoms with Crippen LogP contribution in [0.1, 0.15) is 16.7 Å². The van der Waals surface area contributed by atoms with Crippen molar-refractivity contribution in [1.29, 1.82) is 0 Å². The highest BCUT2D eigenvalue weighted by Crippen LogP contribution is 2.17. The third-order valence-electron chi connectivity index (χ3n) is 4.52. The summed E-state index contributed by atoms with van der Waals surface area (Å²) in [5.41, 5.74) is 7.45. The lowest BCUT2D eigenvalue weighted by Gasteiger charge is -2.13. The van der Waals surface area contributed by atoms with Crippen LogP contribution in [0, 0.1) is 13.8 Å². The number of hydrogen-bond acceptors (Lipinski definition) is 4. The van der Waals surface area contributed by atoms with E-state index in [1.807, 2.05) is 80.6 Å². The number of rotatable bonds is 4. The van der Waals surface area contributed by atoms with Crippen LogP contribution in [0.15, 0.2) is 82.7 Å². The number of aromatic nitrogens is 2. The molecule has 0 atom stereocenters. The van der Waals surface area contributed by atoms with E-state index in [4.69, 9.17) is 0 Å². The van der Waals surface area contributed by atoms with Crippen molar-refractivity contribution in [3.63, 3.8) is 0 Å². The Morgan fingerprint density at radius 3 is 2.25 bits per heavy atom. The Bertz CT molecular complexity index is 1210. The van der Waals surface area contributed by atoms with E-state index >= 15 is 0 Å². The Morgan fingerprint density at radius 1 is 0.893 bits per heavy atom. The van der Waals surface area contributed by atoms with Crippen LogP contribution in [0.25, 0.3) is 16.6 Å². The number of para-hydroxylation sites is 1. The number of aryl methyl sites for hydroxylation is 2. The Balaban J connectivity index is 1.79. The van der Waals surface area contributed by atoms with Crippen LogP contribution in [0.3, 0.4) is 0 Å². The molecule has 1 N–H and O–H groups in total. The summed E-state index contributed by atoms with van der Waals surface area (Å²) in [6.45, 7) is 4.05. The molecular formula is C23H20N4O. The van der Waals surface area contributed by atoms with E-state index in [1.165, 1.54) is 5.56 Å². The van der Waals surface area contributed by atoms with Crippen LogP contribution in [0.5, 0.6) is 0 Å². The molecule has 28 heavy (non-hydrogen) atoms. The average molecular weight is 368 g/mol. The zero-order valence-corrected chi connectivity index (χ0v) is 15.8. The molecule has 0 aliphatic heterocycles. The van der Waals surface area contributed by atoms with Gasteiger partial charge >= 0.3 is 0 Å². The molecule has 0 aliphatic rings. The summed E-state index contributed by atoms with van der Waals surface area (Å²) in [6.07, 6.45) is 1.71. The number of hydrogen-bond donors (Lipinski definition) is 1. The molecule has 1 aromatic heterocycles. The first-order chi connectivity index (χ1) is 13.6. The summed E-state index contributed by atoms with van der Waals surface area (Å²) >= 11 is 0. The summed E-state index contributed by atoms with van der Waals surface area (Å²) in [6, 6.07) is 23.1. The molecule has 0 fully saturated rings. The predicted octanol–water partition coefficient (Wildman–Crippen LogP) is 4.45. The highest BCUT2D eigenvalue weighted by molar-refractivity contribution is 5.81. The van der Waals surface area contributed by atoms with Gasteiger partial charge in [-0.05, 0) is 43.7 Å². The van der Waals surface area contributed by atoms with Crippen LogP contribution in [-0.2, 0) is 0 Å². The fourth-order valence-electron chi connectivity index (χ4n) is 2.96. The second kappa shape index (κ2) is 7.48. The Kier molecular flexibility index (Phi) is 4.72. The fourth-order valence-corrected chi connectivity index (χ4v) is 2.96. The minimum atomic E-state index is -0.137. The molecule has 0 saturated carbocycles. The Labute approximate surface area is 163 Å². The minimum absolute atomic E-state index is 0.137. The smallest absolute Gasteiger partial charge is 0.267 e. The van der Waals surface area contributed by atoms with Gasteiger partial charge in [0.05, 0.1) is 22.8 Å². The van der Waals surface area contributed by atoms with Crippen LogP contribution < -0.4 is 11.0 Å². The van der Waals surface area contributed by atoms with Gasteiger partial charge in [-0.2, -0.15) is 5.10 Å². The molecule has 0 unspecified atom stereocenters. The second-order valence-corrected chi connectivity index (χ2v) is 6.71. The topological polar surface area (TPSA) is 59.3 Å². The molecule has 4 aromatic rings. The fraction of sp³-hybridized carbons (Fsp3) is 0.0870. The zero-order valence-electron chi connectivity index (χ0n) is 15.8. The van der Waals surface area contributed by atoms with Crippen molar-refractivity contribution in [2.75, 3.05) is 5.43 Å². The summed E-state index contributed by atoms with van der Waals surface area (Å²) in [4.78, 5) is 17.8. The van der Waals surface area contributed by atoms with E-state index in [2.05, 4.69) is 15.5 Å². The normalized spacial score (nSPS) is 11.2. The van der Waals surface area contributed by atoms with Gasteiger partial charge in [0.25, 0.3) is 5.56 Å². The molecule has 4 rings (SSSR count). The van der Waals surface area contributed by atoms with Crippen molar-refractivity contribution in [2.24, 2.45) is 5.10 Å². The minimum Gasteiger partial charge on any atom is -0.268 e. The summed E-state index contributed by atoms with van der Waals surface area (Å²) < 4.78 is 1.55. The van der Waals surface area contributed by atoms with Gasteiger partial charge in [-0.15, -0.1) is 0 Å². The highest BCUT2D eigenvalue weighted by Gasteiger charge is 2.12. The van der Waals surface area contributed by atoms with Crippen molar-refractivity contribution < 1.29 is 0 Å². The molecule has 0 radical (unpaired) electrons. The van der Waals surface area contributed by atoms with E-state index in [0.717, 1.165) is 16.8 Å². The van der Waals surface area contributed by atoms with Crippen molar-refractivity contribution in [2.45, 2.75) is 13.8 Å². The molecule has 0 amide bonds. The van der Waals surface area contributed by atoms with Gasteiger partial charge in [-0.25, -0.2) is 15.0 Å². The van der Waals surface area contributed by atoms with E-state index in [-0.39, 0.29) is 5.56 Å². The molecule has 0 aliphatic carbocycles. The van der Waals surface area contributed by atoms with Crippen LogP contribution in [-0.4, -0.2) is 15.8 Å². The average Bonchev–Trinajstić information content (AvgIpc) is 2.71. The van der Waals surface area contributed by atoms with Crippen LogP contribution in [0.4, 0.5) is 5.95 Å². The SMILES string of the molecule is Cc1ccc(/C=N\Nc2nc3ccccc3c(=O)n2-c2ccc(C)cc2)cc1. The first kappa shape index (κ1) is 17.7. The van der Waals surface area contributed by atoms with E-state index < -0.39 is 0 Å². The number of benzene rings is 3. The molecule has 0 saturated heterocycles. The van der Waals surface area contributed by atoms with Gasteiger partial charge in [0.15, 0.2) is 0 Å². The summed E-state index contributed by atoms with van der Waals surface area (Å²) in [7, 11) is 0. The van der Waals surface area contributed by atoms with Crippen LogP contribution in [0.2, 0.25) is 0 Å². The molecule has 0 spiro atoms. The van der Waals surface area contributed by atoms with E-state index in [9.17, 15) is 4.79 Å². The maximum absolute atomic E-state index is 13.1. The van der Waals surface area contributed by atoms with Gasteiger partial charge in [0.2, 0.25) is 5.95 Å². The van der Waals surface area contributed by atoms with Gasteiger partial charge in [0, 0.05) is 0 Å². The molecule has 5 nitrogen and oxygen atoms in total. The second-order valence-electron chi connectivity index (χ2n) is 6.71. The molecule has 5 heteroatoms. The summed E-state index contributed by atoms with van der Waals surface area (Å²) in [5, 5.41) is 4.86. The van der Waals surface area contributed by atoms with Gasteiger partial charge in [-0.1, -0.05) is 59.7 Å². The first-order valence-corrected chi connectivity index (χ1v) is 9.06. The zero-order chi connectivity index (χ0) is 19.5. The first-order valence-electron chi connectivity index (χ1n) is 9.06. The standard InChI is InChI=1S/C23H20N4O/c1-16-7-11-18(12-8-16)15-24-26-23-25-21-6-4-3-5-20(21)22(28)27(23)19-13-9-17(2)10-14-19/h3-15H,1-2H3,(H,25,26)/b24-15-. The van der Waals surface area contributed by atoms with Crippen molar-refractivity contribution in [3.05, 3.63) is 99.8 Å². The largest absolute Gasteiger partial charge is 0.268 e. The molecule has 3 aromatic carbocycles. The number of fused-ring (bicyclic) bond motifs is 1. The number of hydrazone groups is 1. The molecule has 0 bridgehead atoms. The Hall–Kier alpha value is -3.73. The van der Waals surface area contributed by atoms with Crippen molar-refractivity contribution in [3.8, 4) is 5.69 Å². The third kappa shape index (κ3) is 3.55. The number of nitrogens with zero attached hydrogens (tertiary/aromatic N) is 3. The third-order valence-corrected chi connectivity index (χ3v) is 4.52. The van der Waals surface area contributed by atoms with E-state index in [1.54, 1.807) is 16.8 Å². The lowest BCUT2D eigenvalue weighted by atomic mass is 10.2. The molecule has 1 heterocycles.